The molecule has 1 N–H and O–H groups in total. The Morgan fingerprint density at radius 3 is 2.71 bits per heavy atom. The summed E-state index contributed by atoms with van der Waals surface area (Å²) in [6.07, 6.45) is 5.42. The van der Waals surface area contributed by atoms with Crippen LogP contribution in [0.5, 0.6) is 0 Å². The lowest BCUT2D eigenvalue weighted by molar-refractivity contribution is 0.412. The van der Waals surface area contributed by atoms with Gasteiger partial charge in [0.1, 0.15) is 0 Å². The second-order valence-electron chi connectivity index (χ2n) is 5.48. The molecule has 0 aliphatic carbocycles. The topological polar surface area (TPSA) is 46.9 Å². The van der Waals surface area contributed by atoms with Crippen molar-refractivity contribution in [2.24, 2.45) is 0 Å². The largest absolute Gasteiger partial charge is 0.330 e. The van der Waals surface area contributed by atoms with Gasteiger partial charge in [-0.1, -0.05) is 0 Å². The number of hydrogen-bond donors (Lipinski definition) is 1. The highest BCUT2D eigenvalue weighted by Crippen LogP contribution is 2.12. The molecule has 2 unspecified atom stereocenters. The van der Waals surface area contributed by atoms with E-state index in [1.165, 1.54) is 0 Å². The van der Waals surface area contributed by atoms with Crippen molar-refractivity contribution in [3.63, 3.8) is 0 Å². The van der Waals surface area contributed by atoms with E-state index < -0.39 is 10.8 Å². The van der Waals surface area contributed by atoms with Gasteiger partial charge >= 0.3 is 0 Å². The van der Waals surface area contributed by atoms with Crippen molar-refractivity contribution >= 4 is 10.8 Å². The molecule has 0 aliphatic rings. The van der Waals surface area contributed by atoms with E-state index in [2.05, 4.69) is 42.6 Å². The Kier molecular flexibility index (Phi) is 4.89. The molecule has 17 heavy (non-hydrogen) atoms. The fourth-order valence-electron chi connectivity index (χ4n) is 1.64. The summed E-state index contributed by atoms with van der Waals surface area (Å²) < 4.78 is 13.3. The van der Waals surface area contributed by atoms with E-state index in [4.69, 9.17) is 0 Å². The summed E-state index contributed by atoms with van der Waals surface area (Å²) in [6, 6.07) is 0.222. The number of nitrogens with one attached hydrogen (secondary N) is 1. The number of imidazole rings is 1. The van der Waals surface area contributed by atoms with Gasteiger partial charge in [-0.25, -0.2) is 4.98 Å². The van der Waals surface area contributed by atoms with Crippen molar-refractivity contribution in [3.05, 3.63) is 18.2 Å². The highest BCUT2D eigenvalue weighted by molar-refractivity contribution is 7.84. The highest BCUT2D eigenvalue weighted by atomic mass is 32.2. The van der Waals surface area contributed by atoms with Crippen molar-refractivity contribution in [3.8, 4) is 0 Å². The van der Waals surface area contributed by atoms with E-state index in [1.54, 1.807) is 6.26 Å². The molecule has 1 heterocycles. The predicted molar refractivity (Wildman–Crippen MR) is 72.5 cm³/mol. The number of rotatable bonds is 5. The van der Waals surface area contributed by atoms with Crippen LogP contribution in [0.25, 0.3) is 0 Å². The standard InChI is InChI=1S/C12H23N3OS/c1-10(8-17(5)16)15-9-13-6-11(15)7-14-12(2,3)4/h6,9-10,14H,7-8H2,1-5H3. The molecule has 0 aromatic carbocycles. The fourth-order valence-corrected chi connectivity index (χ4v) is 2.48. The van der Waals surface area contributed by atoms with Crippen LogP contribution in [0.15, 0.2) is 12.5 Å². The molecule has 5 heteroatoms. The zero-order valence-corrected chi connectivity index (χ0v) is 12.2. The Bertz CT molecular complexity index is 381. The summed E-state index contributed by atoms with van der Waals surface area (Å²) in [4.78, 5) is 4.18. The molecule has 0 amide bonds. The maximum atomic E-state index is 11.2. The first-order chi connectivity index (χ1) is 7.79. The van der Waals surface area contributed by atoms with E-state index in [9.17, 15) is 4.21 Å². The molecule has 2 atom stereocenters. The van der Waals surface area contributed by atoms with Gasteiger partial charge in [0, 0.05) is 47.1 Å². The summed E-state index contributed by atoms with van der Waals surface area (Å²) in [5.41, 5.74) is 1.23. The van der Waals surface area contributed by atoms with Gasteiger partial charge in [-0.3, -0.25) is 4.21 Å². The maximum absolute atomic E-state index is 11.2. The zero-order chi connectivity index (χ0) is 13.1. The monoisotopic (exact) mass is 257 g/mol. The lowest BCUT2D eigenvalue weighted by Crippen LogP contribution is -2.35. The van der Waals surface area contributed by atoms with Crippen LogP contribution in [0.2, 0.25) is 0 Å². The molecule has 4 nitrogen and oxygen atoms in total. The molecular formula is C12H23N3OS. The van der Waals surface area contributed by atoms with Crippen LogP contribution < -0.4 is 5.32 Å². The predicted octanol–water partition coefficient (Wildman–Crippen LogP) is 1.71. The van der Waals surface area contributed by atoms with Crippen LogP contribution in [0.3, 0.4) is 0 Å². The first kappa shape index (κ1) is 14.4. The lowest BCUT2D eigenvalue weighted by atomic mass is 10.1. The normalized spacial score (nSPS) is 15.8. The van der Waals surface area contributed by atoms with Gasteiger partial charge in [-0.05, 0) is 27.7 Å². The molecule has 0 bridgehead atoms. The third kappa shape index (κ3) is 5.00. The van der Waals surface area contributed by atoms with E-state index >= 15 is 0 Å². The van der Waals surface area contributed by atoms with Gasteiger partial charge in [0.05, 0.1) is 12.0 Å². The van der Waals surface area contributed by atoms with Crippen molar-refractivity contribution in [2.45, 2.75) is 45.8 Å². The minimum atomic E-state index is -0.779. The third-order valence-electron chi connectivity index (χ3n) is 2.50. The number of aromatic nitrogens is 2. The van der Waals surface area contributed by atoms with Crippen molar-refractivity contribution in [2.75, 3.05) is 12.0 Å². The SMILES string of the molecule is CC(CS(C)=O)n1cncc1CNC(C)(C)C. The molecule has 0 spiro atoms. The van der Waals surface area contributed by atoms with Crippen LogP contribution in [-0.2, 0) is 17.3 Å². The van der Waals surface area contributed by atoms with E-state index in [0.717, 1.165) is 12.2 Å². The minimum Gasteiger partial charge on any atom is -0.330 e. The molecule has 0 fully saturated rings. The van der Waals surface area contributed by atoms with Crippen LogP contribution in [0.1, 0.15) is 39.4 Å². The van der Waals surface area contributed by atoms with Crippen molar-refractivity contribution in [1.29, 1.82) is 0 Å². The molecule has 0 radical (unpaired) electrons. The maximum Gasteiger partial charge on any atom is 0.0951 e. The first-order valence-corrected chi connectivity index (χ1v) is 7.58. The fraction of sp³-hybridized carbons (Fsp3) is 0.750. The van der Waals surface area contributed by atoms with Gasteiger partial charge in [0.25, 0.3) is 0 Å². The van der Waals surface area contributed by atoms with Crippen LogP contribution >= 0.6 is 0 Å². The van der Waals surface area contributed by atoms with Crippen LogP contribution in [-0.4, -0.2) is 31.3 Å². The average molecular weight is 257 g/mol. The van der Waals surface area contributed by atoms with E-state index in [1.807, 2.05) is 12.5 Å². The lowest BCUT2D eigenvalue weighted by Gasteiger charge is -2.22. The summed E-state index contributed by atoms with van der Waals surface area (Å²) in [7, 11) is -0.779. The van der Waals surface area contributed by atoms with Crippen LogP contribution in [0, 0.1) is 0 Å². The molecule has 1 rings (SSSR count). The second kappa shape index (κ2) is 5.78. The quantitative estimate of drug-likeness (QED) is 0.873. The summed E-state index contributed by atoms with van der Waals surface area (Å²) in [6.45, 7) is 9.27. The first-order valence-electron chi connectivity index (χ1n) is 5.85. The highest BCUT2D eigenvalue weighted by Gasteiger charge is 2.14. The molecule has 98 valence electrons. The number of nitrogens with zero attached hydrogens (tertiary/aromatic N) is 2. The Labute approximate surface area is 106 Å². The van der Waals surface area contributed by atoms with Crippen molar-refractivity contribution in [1.82, 2.24) is 14.9 Å². The second-order valence-corrected chi connectivity index (χ2v) is 6.96. The van der Waals surface area contributed by atoms with Crippen molar-refractivity contribution < 1.29 is 4.21 Å². The molecule has 1 aromatic heterocycles. The van der Waals surface area contributed by atoms with Gasteiger partial charge in [-0.2, -0.15) is 0 Å². The molecular weight excluding hydrogens is 234 g/mol. The van der Waals surface area contributed by atoms with Crippen LogP contribution in [0.4, 0.5) is 0 Å². The van der Waals surface area contributed by atoms with E-state index in [0.29, 0.717) is 5.75 Å². The minimum absolute atomic E-state index is 0.0892. The number of hydrogen-bond acceptors (Lipinski definition) is 3. The smallest absolute Gasteiger partial charge is 0.0951 e. The molecule has 0 saturated carbocycles. The molecule has 1 aromatic rings. The van der Waals surface area contributed by atoms with E-state index in [-0.39, 0.29) is 11.6 Å². The summed E-state index contributed by atoms with van der Waals surface area (Å²) >= 11 is 0. The Hall–Kier alpha value is -0.680. The Morgan fingerprint density at radius 1 is 1.53 bits per heavy atom. The molecule has 0 aliphatic heterocycles. The Morgan fingerprint density at radius 2 is 2.18 bits per heavy atom. The van der Waals surface area contributed by atoms with Gasteiger partial charge in [0.2, 0.25) is 0 Å². The van der Waals surface area contributed by atoms with Gasteiger partial charge < -0.3 is 9.88 Å². The zero-order valence-electron chi connectivity index (χ0n) is 11.4. The van der Waals surface area contributed by atoms with Gasteiger partial charge in [-0.15, -0.1) is 0 Å². The summed E-state index contributed by atoms with van der Waals surface area (Å²) in [5, 5.41) is 3.44. The Balaban J connectivity index is 2.68. The molecule has 0 saturated heterocycles. The third-order valence-corrected chi connectivity index (χ3v) is 3.45. The summed E-state index contributed by atoms with van der Waals surface area (Å²) in [5.74, 6) is 0.666. The average Bonchev–Trinajstić information content (AvgIpc) is 2.60. The van der Waals surface area contributed by atoms with Gasteiger partial charge in [0.15, 0.2) is 0 Å².